The zero-order valence-electron chi connectivity index (χ0n) is 30.7. The lowest BCUT2D eigenvalue weighted by Crippen LogP contribution is -2.51. The molecule has 1 saturated heterocycles. The predicted molar refractivity (Wildman–Crippen MR) is 217 cm³/mol. The van der Waals surface area contributed by atoms with Gasteiger partial charge in [0, 0.05) is 30.5 Å². The van der Waals surface area contributed by atoms with Gasteiger partial charge in [-0.1, -0.05) is 133 Å². The number of nitrogens with zero attached hydrogens (tertiary/aromatic N) is 3. The van der Waals surface area contributed by atoms with Gasteiger partial charge in [0.25, 0.3) is 10.2 Å². The van der Waals surface area contributed by atoms with Crippen molar-refractivity contribution in [2.24, 2.45) is 0 Å². The molecule has 1 aromatic heterocycles. The van der Waals surface area contributed by atoms with Crippen LogP contribution in [0.4, 0.5) is 11.4 Å². The van der Waals surface area contributed by atoms with Crippen molar-refractivity contribution in [2.45, 2.75) is 43.9 Å². The Kier molecular flexibility index (Phi) is 10.7. The Balaban J connectivity index is 1.22. The van der Waals surface area contributed by atoms with Crippen molar-refractivity contribution in [2.75, 3.05) is 16.3 Å². The lowest BCUT2D eigenvalue weighted by atomic mass is 9.65. The molecule has 5 aromatic carbocycles. The third-order valence-electron chi connectivity index (χ3n) is 10.6. The maximum absolute atomic E-state index is 13.5. The molecule has 7 rings (SSSR count). The van der Waals surface area contributed by atoms with Crippen LogP contribution in [0.3, 0.4) is 0 Å². The molecule has 1 unspecified atom stereocenters. The first kappa shape index (κ1) is 37.4. The molecule has 1 fully saturated rings. The van der Waals surface area contributed by atoms with E-state index in [4.69, 9.17) is 0 Å². The summed E-state index contributed by atoms with van der Waals surface area (Å²) >= 11 is 0. The molecule has 1 aliphatic rings. The Bertz CT molecular complexity index is 2250. The number of hydrogen-bond donors (Lipinski definition) is 2. The van der Waals surface area contributed by atoms with Crippen molar-refractivity contribution in [1.82, 2.24) is 14.6 Å². The molecule has 6 aromatic rings. The number of pyridine rings is 1. The van der Waals surface area contributed by atoms with Gasteiger partial charge in [-0.2, -0.15) is 13.1 Å². The lowest BCUT2D eigenvalue weighted by Gasteiger charge is -2.37. The van der Waals surface area contributed by atoms with Gasteiger partial charge < -0.3 is 4.90 Å². The number of rotatable bonds is 14. The van der Waals surface area contributed by atoms with Gasteiger partial charge in [-0.05, 0) is 65.4 Å². The van der Waals surface area contributed by atoms with Crippen molar-refractivity contribution in [3.63, 3.8) is 0 Å². The highest BCUT2D eigenvalue weighted by Crippen LogP contribution is 2.46. The van der Waals surface area contributed by atoms with Crippen LogP contribution in [0, 0.1) is 0 Å². The number of ketones is 1. The maximum Gasteiger partial charge on any atom is 0.299 e. The van der Waals surface area contributed by atoms with E-state index >= 15 is 0 Å². The molecule has 55 heavy (non-hydrogen) atoms. The normalized spacial score (nSPS) is 15.7. The van der Waals surface area contributed by atoms with E-state index < -0.39 is 33.0 Å². The fourth-order valence-electron chi connectivity index (χ4n) is 7.83. The second kappa shape index (κ2) is 15.8. The summed E-state index contributed by atoms with van der Waals surface area (Å²) in [4.78, 5) is 33.9. The zero-order chi connectivity index (χ0) is 38.5. The van der Waals surface area contributed by atoms with Gasteiger partial charge in [0.15, 0.2) is 6.29 Å². The summed E-state index contributed by atoms with van der Waals surface area (Å²) in [6.45, 7) is 4.58. The van der Waals surface area contributed by atoms with E-state index in [1.807, 2.05) is 79.4 Å². The van der Waals surface area contributed by atoms with Crippen LogP contribution >= 0.6 is 0 Å². The van der Waals surface area contributed by atoms with Crippen molar-refractivity contribution in [1.29, 1.82) is 0 Å². The minimum atomic E-state index is -3.95. The monoisotopic (exact) mass is 749 g/mol. The van der Waals surface area contributed by atoms with E-state index in [-0.39, 0.29) is 13.1 Å². The largest absolute Gasteiger partial charge is 0.346 e. The van der Waals surface area contributed by atoms with Crippen LogP contribution in [-0.2, 0) is 38.3 Å². The summed E-state index contributed by atoms with van der Waals surface area (Å²) in [7, 11) is -3.95. The Morgan fingerprint density at radius 3 is 1.80 bits per heavy atom. The Morgan fingerprint density at radius 1 is 0.764 bits per heavy atom. The van der Waals surface area contributed by atoms with Crippen molar-refractivity contribution in [3.8, 4) is 0 Å². The van der Waals surface area contributed by atoms with E-state index in [0.29, 0.717) is 24.2 Å². The summed E-state index contributed by atoms with van der Waals surface area (Å²) < 4.78 is 31.5. The molecule has 2 heterocycles. The molecule has 0 radical (unpaired) electrons. The van der Waals surface area contributed by atoms with Crippen LogP contribution in [0.25, 0.3) is 0 Å². The number of nitrogens with one attached hydrogen (secondary N) is 2. The Hall–Kier alpha value is -5.94. The minimum Gasteiger partial charge on any atom is -0.346 e. The van der Waals surface area contributed by atoms with Crippen LogP contribution < -0.4 is 14.3 Å². The quantitative estimate of drug-likeness (QED) is 0.0694. The average molecular weight is 750 g/mol. The first-order chi connectivity index (χ1) is 26.6. The molecule has 0 saturated carbocycles. The van der Waals surface area contributed by atoms with Gasteiger partial charge >= 0.3 is 0 Å². The van der Waals surface area contributed by atoms with E-state index in [1.165, 1.54) is 6.20 Å². The molecule has 0 aliphatic carbocycles. The van der Waals surface area contributed by atoms with E-state index in [9.17, 15) is 18.0 Å². The molecule has 278 valence electrons. The van der Waals surface area contributed by atoms with Crippen molar-refractivity contribution in [3.05, 3.63) is 197 Å². The van der Waals surface area contributed by atoms with Gasteiger partial charge in [0.1, 0.15) is 6.04 Å². The van der Waals surface area contributed by atoms with Crippen LogP contribution in [0.5, 0.6) is 0 Å². The summed E-state index contributed by atoms with van der Waals surface area (Å²) in [5.74, 6) is -0.537. The Morgan fingerprint density at radius 2 is 1.27 bits per heavy atom. The van der Waals surface area contributed by atoms with Crippen LogP contribution in [0.15, 0.2) is 164 Å². The molecular formula is C45H43N5O4S. The summed E-state index contributed by atoms with van der Waals surface area (Å²) in [5.41, 5.74) is 5.51. The summed E-state index contributed by atoms with van der Waals surface area (Å²) in [6.07, 6.45) is 3.48. The van der Waals surface area contributed by atoms with Gasteiger partial charge in [0.2, 0.25) is 5.78 Å². The fraction of sp³-hybridized carbons (Fsp3) is 0.178. The molecule has 9 nitrogen and oxygen atoms in total. The smallest absolute Gasteiger partial charge is 0.299 e. The number of benzene rings is 5. The molecular weight excluding hydrogens is 707 g/mol. The number of aromatic nitrogens is 1. The lowest BCUT2D eigenvalue weighted by molar-refractivity contribution is -0.131. The van der Waals surface area contributed by atoms with Crippen LogP contribution in [0.1, 0.15) is 47.2 Å². The van der Waals surface area contributed by atoms with E-state index in [1.54, 1.807) is 12.3 Å². The molecule has 1 atom stereocenters. The zero-order valence-corrected chi connectivity index (χ0v) is 31.6. The highest BCUT2D eigenvalue weighted by molar-refractivity contribution is 7.90. The number of carbonyl (C=O) groups is 2. The number of hydrogen-bond acceptors (Lipinski definition) is 7. The average Bonchev–Trinajstić information content (AvgIpc) is 3.48. The third-order valence-corrected chi connectivity index (χ3v) is 11.6. The number of anilines is 2. The van der Waals surface area contributed by atoms with Crippen molar-refractivity contribution < 1.29 is 18.0 Å². The SMILES string of the molecule is CC1(C)C(C(=O)C=O)N(c2ccc(C(c3ccccc3)(c3ccccc3)c3ccccc3)cc2)CN1Cc1ccncc1NS(=O)(=O)NCc1ccccc1. The van der Waals surface area contributed by atoms with Crippen LogP contribution in [0.2, 0.25) is 0 Å². The van der Waals surface area contributed by atoms with Gasteiger partial charge in [-0.3, -0.25) is 24.2 Å². The summed E-state index contributed by atoms with van der Waals surface area (Å²) in [6, 6.07) is 49.8. The maximum atomic E-state index is 13.5. The van der Waals surface area contributed by atoms with Gasteiger partial charge in [0.05, 0.1) is 24.0 Å². The van der Waals surface area contributed by atoms with Crippen molar-refractivity contribution >= 4 is 33.7 Å². The Labute approximate surface area is 322 Å². The minimum absolute atomic E-state index is 0.122. The second-order valence-electron chi connectivity index (χ2n) is 14.2. The second-order valence-corrected chi connectivity index (χ2v) is 15.7. The van der Waals surface area contributed by atoms with E-state index in [0.717, 1.165) is 33.5 Å². The molecule has 2 N–H and O–H groups in total. The topological polar surface area (TPSA) is 112 Å². The highest BCUT2D eigenvalue weighted by atomic mass is 32.2. The number of aldehydes is 1. The third kappa shape index (κ3) is 7.57. The number of carbonyl (C=O) groups excluding carboxylic acids is 2. The van der Waals surface area contributed by atoms with Gasteiger partial charge in [-0.15, -0.1) is 0 Å². The van der Waals surface area contributed by atoms with E-state index in [2.05, 4.69) is 104 Å². The van der Waals surface area contributed by atoms with Gasteiger partial charge in [-0.25, -0.2) is 0 Å². The predicted octanol–water partition coefficient (Wildman–Crippen LogP) is 7.11. The molecule has 1 aliphatic heterocycles. The first-order valence-electron chi connectivity index (χ1n) is 18.2. The number of Topliss-reactive ketones (excluding diaryl/α,β-unsaturated/α-hetero) is 1. The first-order valence-corrected chi connectivity index (χ1v) is 19.6. The fourth-order valence-corrected chi connectivity index (χ4v) is 8.74. The molecule has 0 amide bonds. The van der Waals surface area contributed by atoms with Crippen LogP contribution in [-0.4, -0.2) is 48.6 Å². The molecule has 0 bridgehead atoms. The molecule has 10 heteroatoms. The summed E-state index contributed by atoms with van der Waals surface area (Å²) in [5, 5.41) is 0. The highest BCUT2D eigenvalue weighted by Gasteiger charge is 2.50. The molecule has 0 spiro atoms. The standard InChI is InChI=1S/C45H43N5O4S/c1-44(2)43(42(52)32-51)50(33-49(44)31-35-27-28-46-30-41(35)48-55(53,54)47-29-34-15-7-3-8-16-34)40-25-23-39(24-26-40)45(36-17-9-4-10-18-36,37-19-11-5-12-20-37)38-21-13-6-14-22-38/h3-28,30,32,43,47-48H,29,31,33H2,1-2H3.